The number of piperazine rings is 1. The zero-order valence-corrected chi connectivity index (χ0v) is 27.8. The number of nitrogens with zero attached hydrogens (tertiary/aromatic N) is 6. The fourth-order valence-corrected chi connectivity index (χ4v) is 7.53. The van der Waals surface area contributed by atoms with E-state index in [1.54, 1.807) is 25.3 Å². The number of amides is 2. The first-order chi connectivity index (χ1) is 21.7. The Hall–Kier alpha value is -3.24. The van der Waals surface area contributed by atoms with Gasteiger partial charge in [0.15, 0.2) is 5.82 Å². The van der Waals surface area contributed by atoms with E-state index in [-0.39, 0.29) is 29.9 Å². The van der Waals surface area contributed by atoms with Gasteiger partial charge in [-0.2, -0.15) is 0 Å². The maximum absolute atomic E-state index is 13.3. The van der Waals surface area contributed by atoms with Crippen LogP contribution in [0, 0.1) is 5.92 Å². The minimum absolute atomic E-state index is 0.0482. The summed E-state index contributed by atoms with van der Waals surface area (Å²) in [6.45, 7) is 12.3. The number of aromatic nitrogens is 2. The average molecular weight is 618 g/mol. The van der Waals surface area contributed by atoms with Gasteiger partial charge in [0, 0.05) is 75.4 Å². The predicted molar refractivity (Wildman–Crippen MR) is 177 cm³/mol. The lowest BCUT2D eigenvalue weighted by Gasteiger charge is -2.42. The average Bonchev–Trinajstić information content (AvgIpc) is 3.87. The highest BCUT2D eigenvalue weighted by Gasteiger charge is 2.38. The molecule has 244 valence electrons. The summed E-state index contributed by atoms with van der Waals surface area (Å²) in [7, 11) is 3.43. The third-order valence-corrected chi connectivity index (χ3v) is 10.4. The van der Waals surface area contributed by atoms with Crippen LogP contribution in [-0.2, 0) is 11.2 Å². The number of anilines is 2. The van der Waals surface area contributed by atoms with Gasteiger partial charge in [-0.25, -0.2) is 9.97 Å². The van der Waals surface area contributed by atoms with E-state index < -0.39 is 0 Å². The van der Waals surface area contributed by atoms with E-state index in [1.165, 1.54) is 45.6 Å². The zero-order chi connectivity index (χ0) is 31.7. The van der Waals surface area contributed by atoms with Crippen molar-refractivity contribution in [2.75, 3.05) is 56.7 Å². The molecule has 1 N–H and O–H groups in total. The van der Waals surface area contributed by atoms with Gasteiger partial charge in [0.25, 0.3) is 5.91 Å². The molecule has 0 unspecified atom stereocenters. The van der Waals surface area contributed by atoms with Crippen molar-refractivity contribution in [1.82, 2.24) is 25.1 Å². The van der Waals surface area contributed by atoms with Crippen LogP contribution in [0.3, 0.4) is 0 Å². The van der Waals surface area contributed by atoms with Crippen molar-refractivity contribution in [3.8, 4) is 5.75 Å². The van der Waals surface area contributed by atoms with Crippen molar-refractivity contribution in [2.24, 2.45) is 5.92 Å². The number of rotatable bonds is 10. The Labute approximate surface area is 268 Å². The molecular formula is C35H51N7O3. The largest absolute Gasteiger partial charge is 0.496 e. The molecule has 2 saturated carbocycles. The monoisotopic (exact) mass is 617 g/mol. The smallest absolute Gasteiger partial charge is 0.251 e. The number of carbonyl (C=O) groups excluding carboxylic acids is 2. The van der Waals surface area contributed by atoms with Crippen LogP contribution in [0.5, 0.6) is 5.75 Å². The first-order valence-corrected chi connectivity index (χ1v) is 17.1. The summed E-state index contributed by atoms with van der Waals surface area (Å²) >= 11 is 0. The second-order valence-electron chi connectivity index (χ2n) is 13.8. The van der Waals surface area contributed by atoms with E-state index in [1.807, 2.05) is 25.1 Å². The Kier molecular flexibility index (Phi) is 9.61. The SMILES string of the molecule is CC[C@@H]1C(=O)N(C)c2cnc(Cc3ccc(C(=O)N[C@H]4CC[C@H](N5CCN(CC6CC6)CC5)CC4)cc3OC)nc2N1C(C)C. The van der Waals surface area contributed by atoms with E-state index in [2.05, 4.69) is 38.8 Å². The molecule has 0 spiro atoms. The molecule has 3 heterocycles. The fourth-order valence-electron chi connectivity index (χ4n) is 7.53. The number of hydrogen-bond donors (Lipinski definition) is 1. The fraction of sp³-hybridized carbons (Fsp3) is 0.657. The molecule has 4 aliphatic rings. The highest BCUT2D eigenvalue weighted by atomic mass is 16.5. The molecule has 3 fully saturated rings. The van der Waals surface area contributed by atoms with Crippen LogP contribution in [0.2, 0.25) is 0 Å². The molecule has 10 nitrogen and oxygen atoms in total. The molecular weight excluding hydrogens is 566 g/mol. The normalized spacial score (nSPS) is 24.6. The number of likely N-dealkylation sites (N-methyl/N-ethyl adjacent to an activating group) is 1. The van der Waals surface area contributed by atoms with Crippen LogP contribution in [0.4, 0.5) is 11.5 Å². The quantitative estimate of drug-likeness (QED) is 0.426. The molecule has 1 aromatic heterocycles. The number of carbonyl (C=O) groups is 2. The van der Waals surface area contributed by atoms with Crippen molar-refractivity contribution in [3.63, 3.8) is 0 Å². The van der Waals surface area contributed by atoms with Gasteiger partial charge in [0.05, 0.1) is 13.3 Å². The van der Waals surface area contributed by atoms with Crippen LogP contribution < -0.4 is 19.9 Å². The summed E-state index contributed by atoms with van der Waals surface area (Å²) < 4.78 is 5.74. The number of nitrogens with one attached hydrogen (secondary N) is 1. The topological polar surface area (TPSA) is 94.1 Å². The molecule has 2 amide bonds. The molecule has 6 rings (SSSR count). The van der Waals surface area contributed by atoms with Crippen LogP contribution >= 0.6 is 0 Å². The van der Waals surface area contributed by atoms with Crippen LogP contribution in [-0.4, -0.2) is 103 Å². The number of methoxy groups -OCH3 is 1. The Morgan fingerprint density at radius 1 is 1.07 bits per heavy atom. The summed E-state index contributed by atoms with van der Waals surface area (Å²) in [5, 5.41) is 3.30. The van der Waals surface area contributed by atoms with Crippen molar-refractivity contribution < 1.29 is 14.3 Å². The molecule has 2 aliphatic carbocycles. The van der Waals surface area contributed by atoms with Gasteiger partial charge in [-0.05, 0) is 76.8 Å². The molecule has 1 atom stereocenters. The Morgan fingerprint density at radius 3 is 2.44 bits per heavy atom. The second-order valence-corrected chi connectivity index (χ2v) is 13.8. The van der Waals surface area contributed by atoms with Crippen molar-refractivity contribution in [3.05, 3.63) is 41.3 Å². The number of fused-ring (bicyclic) bond motifs is 1. The lowest BCUT2D eigenvalue weighted by Crippen LogP contribution is -2.55. The summed E-state index contributed by atoms with van der Waals surface area (Å²) in [5.74, 6) is 3.06. The number of hydrogen-bond acceptors (Lipinski definition) is 8. The first-order valence-electron chi connectivity index (χ1n) is 17.1. The lowest BCUT2D eigenvalue weighted by atomic mass is 9.89. The third-order valence-electron chi connectivity index (χ3n) is 10.4. The summed E-state index contributed by atoms with van der Waals surface area (Å²) in [6.07, 6.45) is 10.1. The van der Waals surface area contributed by atoms with E-state index >= 15 is 0 Å². The minimum Gasteiger partial charge on any atom is -0.496 e. The standard InChI is InChI=1S/C35H51N7O3/c1-6-29-35(44)39(4)30-21-36-32(38-33(30)42(29)23(2)3)20-25-9-10-26(19-31(25)45-5)34(43)37-27-11-13-28(14-12-27)41-17-15-40(16-18-41)22-24-7-8-24/h9-10,19,21,23-24,27-29H,6-8,11-18,20,22H2,1-5H3,(H,37,43)/t27-,28-,29-/m1/s1. The van der Waals surface area contributed by atoms with Crippen molar-refractivity contribution >= 4 is 23.3 Å². The molecule has 1 saturated heterocycles. The van der Waals surface area contributed by atoms with Gasteiger partial charge < -0.3 is 24.8 Å². The Morgan fingerprint density at radius 2 is 1.80 bits per heavy atom. The zero-order valence-electron chi connectivity index (χ0n) is 27.8. The van der Waals surface area contributed by atoms with E-state index in [0.29, 0.717) is 36.0 Å². The first kappa shape index (κ1) is 31.7. The highest BCUT2D eigenvalue weighted by molar-refractivity contribution is 6.04. The van der Waals surface area contributed by atoms with Crippen LogP contribution in [0.25, 0.3) is 0 Å². The lowest BCUT2D eigenvalue weighted by molar-refractivity contribution is -0.120. The van der Waals surface area contributed by atoms with Gasteiger partial charge in [-0.1, -0.05) is 13.0 Å². The maximum Gasteiger partial charge on any atom is 0.251 e. The van der Waals surface area contributed by atoms with Crippen molar-refractivity contribution in [1.29, 1.82) is 0 Å². The summed E-state index contributed by atoms with van der Waals surface area (Å²) in [4.78, 5) is 45.0. The highest BCUT2D eigenvalue weighted by Crippen LogP contribution is 2.36. The van der Waals surface area contributed by atoms with Gasteiger partial charge >= 0.3 is 0 Å². The van der Waals surface area contributed by atoms with Gasteiger partial charge in [-0.15, -0.1) is 0 Å². The van der Waals surface area contributed by atoms with E-state index in [9.17, 15) is 9.59 Å². The molecule has 2 aromatic rings. The maximum atomic E-state index is 13.3. The minimum atomic E-state index is -0.250. The molecule has 2 aliphatic heterocycles. The Bertz CT molecular complexity index is 1360. The predicted octanol–water partition coefficient (Wildman–Crippen LogP) is 4.11. The molecule has 0 bridgehead atoms. The molecule has 0 radical (unpaired) electrons. The molecule has 10 heteroatoms. The van der Waals surface area contributed by atoms with E-state index in [0.717, 1.165) is 48.7 Å². The number of ether oxygens (including phenoxy) is 1. The van der Waals surface area contributed by atoms with Gasteiger partial charge in [0.1, 0.15) is 23.3 Å². The number of benzene rings is 1. The van der Waals surface area contributed by atoms with Crippen LogP contribution in [0.15, 0.2) is 24.4 Å². The summed E-state index contributed by atoms with van der Waals surface area (Å²) in [5.41, 5.74) is 2.24. The third kappa shape index (κ3) is 6.97. The Balaban J connectivity index is 1.06. The van der Waals surface area contributed by atoms with Crippen LogP contribution in [0.1, 0.15) is 87.5 Å². The van der Waals surface area contributed by atoms with E-state index in [4.69, 9.17) is 9.72 Å². The van der Waals surface area contributed by atoms with Gasteiger partial charge in [0.2, 0.25) is 5.91 Å². The second kappa shape index (κ2) is 13.6. The molecule has 45 heavy (non-hydrogen) atoms. The van der Waals surface area contributed by atoms with Crippen molar-refractivity contribution in [2.45, 2.75) is 96.3 Å². The van der Waals surface area contributed by atoms with Gasteiger partial charge in [-0.3, -0.25) is 14.5 Å². The summed E-state index contributed by atoms with van der Waals surface area (Å²) in [6, 6.07) is 6.37. The molecule has 1 aromatic carbocycles.